The maximum absolute atomic E-state index is 12.9. The molecule has 0 spiro atoms. The number of nitrogens with two attached hydrogens (primary N) is 1. The van der Waals surface area contributed by atoms with Gasteiger partial charge in [-0.2, -0.15) is 0 Å². The standard InChI is InChI=1S/C14H16FN3/c1-2-14(16,8-11-4-3-7-17-9-11)13-6-5-12(15)10-18-13/h3-7,9-10H,2,8,16H2,1H3. The molecule has 0 aromatic carbocycles. The number of nitrogens with zero attached hydrogens (tertiary/aromatic N) is 2. The van der Waals surface area contributed by atoms with Crippen LogP contribution in [0.2, 0.25) is 0 Å². The molecule has 94 valence electrons. The van der Waals surface area contributed by atoms with Gasteiger partial charge >= 0.3 is 0 Å². The molecule has 0 aliphatic carbocycles. The van der Waals surface area contributed by atoms with Gasteiger partial charge in [-0.3, -0.25) is 9.97 Å². The number of pyridine rings is 2. The van der Waals surface area contributed by atoms with E-state index in [-0.39, 0.29) is 5.82 Å². The molecule has 18 heavy (non-hydrogen) atoms. The summed E-state index contributed by atoms with van der Waals surface area (Å²) >= 11 is 0. The van der Waals surface area contributed by atoms with Crippen LogP contribution < -0.4 is 5.73 Å². The summed E-state index contributed by atoms with van der Waals surface area (Å²) in [5, 5.41) is 0. The fourth-order valence-corrected chi connectivity index (χ4v) is 1.93. The minimum Gasteiger partial charge on any atom is -0.320 e. The van der Waals surface area contributed by atoms with Crippen LogP contribution in [0.4, 0.5) is 4.39 Å². The zero-order chi connectivity index (χ0) is 13.0. The molecule has 2 rings (SSSR count). The largest absolute Gasteiger partial charge is 0.320 e. The second-order valence-electron chi connectivity index (χ2n) is 4.41. The minimum absolute atomic E-state index is 0.349. The van der Waals surface area contributed by atoms with E-state index in [9.17, 15) is 4.39 Å². The van der Waals surface area contributed by atoms with E-state index in [1.54, 1.807) is 18.5 Å². The average molecular weight is 245 g/mol. The SMILES string of the molecule is CCC(N)(Cc1cccnc1)c1ccc(F)cn1. The molecule has 1 atom stereocenters. The third-order valence-corrected chi connectivity index (χ3v) is 3.11. The Morgan fingerprint density at radius 2 is 2.11 bits per heavy atom. The molecule has 2 N–H and O–H groups in total. The van der Waals surface area contributed by atoms with Gasteiger partial charge in [0.05, 0.1) is 17.4 Å². The first-order chi connectivity index (χ1) is 8.64. The fourth-order valence-electron chi connectivity index (χ4n) is 1.93. The first kappa shape index (κ1) is 12.6. The van der Waals surface area contributed by atoms with Crippen LogP contribution in [0, 0.1) is 5.82 Å². The molecule has 3 nitrogen and oxygen atoms in total. The van der Waals surface area contributed by atoms with Crippen molar-refractivity contribution in [2.24, 2.45) is 5.73 Å². The number of aromatic nitrogens is 2. The summed E-state index contributed by atoms with van der Waals surface area (Å²) in [5.41, 5.74) is 7.55. The monoisotopic (exact) mass is 245 g/mol. The van der Waals surface area contributed by atoms with Crippen molar-refractivity contribution in [3.63, 3.8) is 0 Å². The minimum atomic E-state index is -0.587. The molecule has 2 aromatic heterocycles. The summed E-state index contributed by atoms with van der Waals surface area (Å²) < 4.78 is 12.9. The lowest BCUT2D eigenvalue weighted by atomic mass is 9.86. The fraction of sp³-hybridized carbons (Fsp3) is 0.286. The number of hydrogen-bond donors (Lipinski definition) is 1. The van der Waals surface area contributed by atoms with Crippen molar-refractivity contribution in [1.82, 2.24) is 9.97 Å². The molecule has 0 bridgehead atoms. The third kappa shape index (κ3) is 2.71. The van der Waals surface area contributed by atoms with Crippen LogP contribution in [0.25, 0.3) is 0 Å². The molecule has 0 saturated carbocycles. The van der Waals surface area contributed by atoms with E-state index in [1.165, 1.54) is 12.3 Å². The van der Waals surface area contributed by atoms with Crippen molar-refractivity contribution in [3.8, 4) is 0 Å². The molecule has 0 fully saturated rings. The summed E-state index contributed by atoms with van der Waals surface area (Å²) in [4.78, 5) is 8.17. The van der Waals surface area contributed by atoms with Gasteiger partial charge in [0.2, 0.25) is 0 Å². The maximum Gasteiger partial charge on any atom is 0.141 e. The molecular weight excluding hydrogens is 229 g/mol. The van der Waals surface area contributed by atoms with Gasteiger partial charge in [0, 0.05) is 12.4 Å². The second kappa shape index (κ2) is 5.23. The molecule has 1 unspecified atom stereocenters. The Hall–Kier alpha value is -1.81. The normalized spacial score (nSPS) is 14.2. The van der Waals surface area contributed by atoms with Crippen LogP contribution in [-0.2, 0) is 12.0 Å². The Morgan fingerprint density at radius 1 is 1.28 bits per heavy atom. The first-order valence-electron chi connectivity index (χ1n) is 5.94. The van der Waals surface area contributed by atoms with Crippen molar-refractivity contribution in [2.45, 2.75) is 25.3 Å². The van der Waals surface area contributed by atoms with E-state index in [4.69, 9.17) is 5.73 Å². The molecule has 2 heterocycles. The van der Waals surface area contributed by atoms with Crippen molar-refractivity contribution in [3.05, 3.63) is 59.9 Å². The highest BCUT2D eigenvalue weighted by molar-refractivity contribution is 5.21. The molecule has 2 aromatic rings. The molecule has 0 aliphatic rings. The number of rotatable bonds is 4. The van der Waals surface area contributed by atoms with Gasteiger partial charge in [-0.15, -0.1) is 0 Å². The van der Waals surface area contributed by atoms with Gasteiger partial charge in [-0.05, 0) is 36.6 Å². The predicted molar refractivity (Wildman–Crippen MR) is 68.3 cm³/mol. The molecule has 0 saturated heterocycles. The van der Waals surface area contributed by atoms with E-state index in [1.807, 2.05) is 19.1 Å². The van der Waals surface area contributed by atoms with Crippen molar-refractivity contribution in [2.75, 3.05) is 0 Å². The van der Waals surface area contributed by atoms with Gasteiger partial charge in [0.15, 0.2) is 0 Å². The lowest BCUT2D eigenvalue weighted by Gasteiger charge is -2.27. The molecule has 0 aliphatic heterocycles. The number of hydrogen-bond acceptors (Lipinski definition) is 3. The van der Waals surface area contributed by atoms with E-state index in [0.29, 0.717) is 12.1 Å². The molecule has 0 radical (unpaired) electrons. The van der Waals surface area contributed by atoms with Crippen LogP contribution in [0.5, 0.6) is 0 Å². The summed E-state index contributed by atoms with van der Waals surface area (Å²) in [6.45, 7) is 2.00. The zero-order valence-electron chi connectivity index (χ0n) is 10.3. The Bertz CT molecular complexity index is 498. The van der Waals surface area contributed by atoms with Gasteiger partial charge in [0.1, 0.15) is 5.82 Å². The first-order valence-corrected chi connectivity index (χ1v) is 5.94. The maximum atomic E-state index is 12.9. The highest BCUT2D eigenvalue weighted by Gasteiger charge is 2.27. The van der Waals surface area contributed by atoms with Gasteiger partial charge in [0.25, 0.3) is 0 Å². The Labute approximate surface area is 106 Å². The summed E-state index contributed by atoms with van der Waals surface area (Å²) in [7, 11) is 0. The highest BCUT2D eigenvalue weighted by atomic mass is 19.1. The smallest absolute Gasteiger partial charge is 0.141 e. The predicted octanol–water partition coefficient (Wildman–Crippen LogP) is 2.42. The summed E-state index contributed by atoms with van der Waals surface area (Å²) in [6, 6.07) is 6.90. The van der Waals surface area contributed by atoms with Crippen LogP contribution in [0.1, 0.15) is 24.6 Å². The topological polar surface area (TPSA) is 51.8 Å². The van der Waals surface area contributed by atoms with E-state index < -0.39 is 5.54 Å². The van der Waals surface area contributed by atoms with Gasteiger partial charge < -0.3 is 5.73 Å². The van der Waals surface area contributed by atoms with Crippen LogP contribution in [0.15, 0.2) is 42.9 Å². The average Bonchev–Trinajstić information content (AvgIpc) is 2.40. The Balaban J connectivity index is 2.28. The van der Waals surface area contributed by atoms with Crippen LogP contribution in [-0.4, -0.2) is 9.97 Å². The van der Waals surface area contributed by atoms with Crippen molar-refractivity contribution in [1.29, 1.82) is 0 Å². The highest BCUT2D eigenvalue weighted by Crippen LogP contribution is 2.24. The quantitative estimate of drug-likeness (QED) is 0.900. The van der Waals surface area contributed by atoms with Crippen molar-refractivity contribution < 1.29 is 4.39 Å². The van der Waals surface area contributed by atoms with E-state index in [0.717, 1.165) is 12.0 Å². The van der Waals surface area contributed by atoms with Gasteiger partial charge in [-0.1, -0.05) is 13.0 Å². The zero-order valence-corrected chi connectivity index (χ0v) is 10.3. The summed E-state index contributed by atoms with van der Waals surface area (Å²) in [5.74, 6) is -0.349. The van der Waals surface area contributed by atoms with Crippen LogP contribution in [0.3, 0.4) is 0 Å². The van der Waals surface area contributed by atoms with Crippen molar-refractivity contribution >= 4 is 0 Å². The second-order valence-corrected chi connectivity index (χ2v) is 4.41. The Morgan fingerprint density at radius 3 is 2.67 bits per heavy atom. The Kier molecular flexibility index (Phi) is 3.67. The van der Waals surface area contributed by atoms with Crippen LogP contribution >= 0.6 is 0 Å². The molecular formula is C14H16FN3. The lowest BCUT2D eigenvalue weighted by molar-refractivity contribution is 0.410. The van der Waals surface area contributed by atoms with Gasteiger partial charge in [-0.25, -0.2) is 4.39 Å². The molecule has 0 amide bonds. The molecule has 4 heteroatoms. The lowest BCUT2D eigenvalue weighted by Crippen LogP contribution is -2.39. The third-order valence-electron chi connectivity index (χ3n) is 3.11. The van der Waals surface area contributed by atoms with E-state index in [2.05, 4.69) is 9.97 Å². The number of halogens is 1. The van der Waals surface area contributed by atoms with E-state index >= 15 is 0 Å². The summed E-state index contributed by atoms with van der Waals surface area (Å²) in [6.07, 6.45) is 6.08.